The number of nitrogens with one attached hydrogen (secondary N) is 1. The second-order valence-corrected chi connectivity index (χ2v) is 5.26. The number of sulfonamides is 1. The molecule has 0 bridgehead atoms. The van der Waals surface area contributed by atoms with Crippen molar-refractivity contribution in [2.45, 2.75) is 19.4 Å². The van der Waals surface area contributed by atoms with Crippen LogP contribution < -0.4 is 4.72 Å². The van der Waals surface area contributed by atoms with Crippen molar-refractivity contribution in [1.82, 2.24) is 4.72 Å². The lowest BCUT2D eigenvalue weighted by Crippen LogP contribution is -2.37. The molecule has 0 aromatic heterocycles. The monoisotopic (exact) mass is 222 g/mol. The van der Waals surface area contributed by atoms with Crippen LogP contribution in [0.25, 0.3) is 0 Å². The van der Waals surface area contributed by atoms with E-state index < -0.39 is 15.8 Å². The van der Waals surface area contributed by atoms with Crippen molar-refractivity contribution in [3.05, 3.63) is 0 Å². The summed E-state index contributed by atoms with van der Waals surface area (Å²) in [6.45, 7) is 1.91. The molecule has 1 atom stereocenters. The average molecular weight is 222 g/mol. The molecule has 0 rings (SSSR count). The summed E-state index contributed by atoms with van der Waals surface area (Å²) in [4.78, 5) is 0. The largest absolute Gasteiger partial charge is 0.225 e. The molecule has 4 nitrogen and oxygen atoms in total. The molecule has 1 unspecified atom stereocenters. The molecular formula is C7H14N2O2S2. The van der Waals surface area contributed by atoms with Crippen molar-refractivity contribution >= 4 is 21.8 Å². The fraction of sp³-hybridized carbons (Fsp3) is 0.857. The summed E-state index contributed by atoms with van der Waals surface area (Å²) in [7, 11) is -3.39. The molecule has 0 saturated carbocycles. The van der Waals surface area contributed by atoms with Gasteiger partial charge >= 0.3 is 0 Å². The van der Waals surface area contributed by atoms with Crippen LogP contribution in [-0.2, 0) is 10.0 Å². The molecule has 0 radical (unpaired) electrons. The third-order valence-electron chi connectivity index (χ3n) is 1.46. The minimum Gasteiger partial charge on any atom is -0.211 e. The van der Waals surface area contributed by atoms with Gasteiger partial charge in [0.25, 0.3) is 0 Å². The minimum absolute atomic E-state index is 0.0617. The van der Waals surface area contributed by atoms with E-state index in [4.69, 9.17) is 5.26 Å². The maximum atomic E-state index is 11.1. The van der Waals surface area contributed by atoms with Crippen LogP contribution in [0, 0.1) is 11.3 Å². The van der Waals surface area contributed by atoms with Gasteiger partial charge in [0.1, 0.15) is 0 Å². The standard InChI is InChI=1S/C7H14N2O2S2/c1-3-7(6-12-2)9-13(10,11)5-4-8/h7,9H,3,5-6H2,1-2H3. The summed E-state index contributed by atoms with van der Waals surface area (Å²) in [5.74, 6) is 0.277. The van der Waals surface area contributed by atoms with Gasteiger partial charge in [0.05, 0.1) is 6.07 Å². The van der Waals surface area contributed by atoms with Crippen LogP contribution in [0.5, 0.6) is 0 Å². The summed E-state index contributed by atoms with van der Waals surface area (Å²) in [6.07, 6.45) is 2.66. The number of nitriles is 1. The van der Waals surface area contributed by atoms with E-state index in [1.54, 1.807) is 17.8 Å². The van der Waals surface area contributed by atoms with E-state index >= 15 is 0 Å². The Morgan fingerprint density at radius 3 is 2.62 bits per heavy atom. The molecule has 1 N–H and O–H groups in total. The molecule has 0 aliphatic carbocycles. The molecule has 0 aromatic carbocycles. The Labute approximate surface area is 83.8 Å². The van der Waals surface area contributed by atoms with Crippen LogP contribution >= 0.6 is 11.8 Å². The van der Waals surface area contributed by atoms with Crippen LogP contribution in [0.3, 0.4) is 0 Å². The van der Waals surface area contributed by atoms with Gasteiger partial charge in [-0.2, -0.15) is 17.0 Å². The van der Waals surface area contributed by atoms with Crippen LogP contribution in [0.4, 0.5) is 0 Å². The van der Waals surface area contributed by atoms with Crippen molar-refractivity contribution in [2.24, 2.45) is 0 Å². The molecule has 0 aromatic rings. The summed E-state index contributed by atoms with van der Waals surface area (Å²) < 4.78 is 24.7. The molecule has 6 heteroatoms. The lowest BCUT2D eigenvalue weighted by Gasteiger charge is -2.13. The van der Waals surface area contributed by atoms with Gasteiger partial charge in [-0.3, -0.25) is 0 Å². The Morgan fingerprint density at radius 1 is 1.62 bits per heavy atom. The van der Waals surface area contributed by atoms with E-state index in [1.807, 2.05) is 13.2 Å². The van der Waals surface area contributed by atoms with Gasteiger partial charge in [0, 0.05) is 11.8 Å². The van der Waals surface area contributed by atoms with Gasteiger partial charge in [-0.15, -0.1) is 0 Å². The minimum atomic E-state index is -3.39. The fourth-order valence-electron chi connectivity index (χ4n) is 0.817. The third-order valence-corrected chi connectivity index (χ3v) is 3.40. The molecule has 0 saturated heterocycles. The highest BCUT2D eigenvalue weighted by Crippen LogP contribution is 2.02. The Kier molecular flexibility index (Phi) is 6.12. The molecule has 0 heterocycles. The number of hydrogen-bond donors (Lipinski definition) is 1. The third kappa shape index (κ3) is 5.91. The van der Waals surface area contributed by atoms with Gasteiger partial charge in [0.15, 0.2) is 5.75 Å². The van der Waals surface area contributed by atoms with Gasteiger partial charge in [0.2, 0.25) is 10.0 Å². The Balaban J connectivity index is 4.16. The molecule has 0 spiro atoms. The molecular weight excluding hydrogens is 208 g/mol. The first-order valence-electron chi connectivity index (χ1n) is 3.91. The van der Waals surface area contributed by atoms with E-state index in [9.17, 15) is 8.42 Å². The van der Waals surface area contributed by atoms with Crippen LogP contribution in [0.15, 0.2) is 0 Å². The van der Waals surface area contributed by atoms with E-state index in [0.717, 1.165) is 12.2 Å². The number of rotatable bonds is 6. The highest BCUT2D eigenvalue weighted by atomic mass is 32.2. The SMILES string of the molecule is CCC(CSC)NS(=O)(=O)CC#N. The highest BCUT2D eigenvalue weighted by Gasteiger charge is 2.15. The molecule has 13 heavy (non-hydrogen) atoms. The Morgan fingerprint density at radius 2 is 2.23 bits per heavy atom. The van der Waals surface area contributed by atoms with Crippen molar-refractivity contribution in [1.29, 1.82) is 5.26 Å². The normalized spacial score (nSPS) is 13.6. The van der Waals surface area contributed by atoms with Crippen molar-refractivity contribution in [3.63, 3.8) is 0 Å². The second-order valence-electron chi connectivity index (χ2n) is 2.60. The average Bonchev–Trinajstić information content (AvgIpc) is 2.03. The zero-order valence-corrected chi connectivity index (χ0v) is 9.41. The van der Waals surface area contributed by atoms with Gasteiger partial charge in [-0.25, -0.2) is 13.1 Å². The highest BCUT2D eigenvalue weighted by molar-refractivity contribution is 7.98. The summed E-state index contributed by atoms with van der Waals surface area (Å²) >= 11 is 1.58. The molecule has 0 aliphatic rings. The van der Waals surface area contributed by atoms with Crippen LogP contribution in [0.1, 0.15) is 13.3 Å². The van der Waals surface area contributed by atoms with Gasteiger partial charge in [-0.05, 0) is 12.7 Å². The predicted molar refractivity (Wildman–Crippen MR) is 55.0 cm³/mol. The first kappa shape index (κ1) is 12.8. The zero-order chi connectivity index (χ0) is 10.3. The topological polar surface area (TPSA) is 70.0 Å². The Bertz CT molecular complexity index is 269. The Hall–Kier alpha value is -0.250. The van der Waals surface area contributed by atoms with Crippen LogP contribution in [0.2, 0.25) is 0 Å². The number of nitrogens with zero attached hydrogens (tertiary/aromatic N) is 1. The molecule has 76 valence electrons. The number of thioether (sulfide) groups is 1. The summed E-state index contributed by atoms with van der Waals surface area (Å²) in [5.41, 5.74) is 0. The van der Waals surface area contributed by atoms with Crippen molar-refractivity contribution < 1.29 is 8.42 Å². The lowest BCUT2D eigenvalue weighted by molar-refractivity contribution is 0.561. The smallest absolute Gasteiger partial charge is 0.211 e. The van der Waals surface area contributed by atoms with E-state index in [2.05, 4.69) is 4.72 Å². The quantitative estimate of drug-likeness (QED) is 0.713. The second kappa shape index (κ2) is 6.24. The van der Waals surface area contributed by atoms with Crippen molar-refractivity contribution in [3.8, 4) is 6.07 Å². The van der Waals surface area contributed by atoms with E-state index in [1.165, 1.54) is 0 Å². The summed E-state index contributed by atoms with van der Waals surface area (Å²) in [6, 6.07) is 1.56. The van der Waals surface area contributed by atoms with E-state index in [-0.39, 0.29) is 6.04 Å². The molecule has 0 aliphatic heterocycles. The molecule has 0 amide bonds. The van der Waals surface area contributed by atoms with E-state index in [0.29, 0.717) is 0 Å². The zero-order valence-electron chi connectivity index (χ0n) is 7.78. The van der Waals surface area contributed by atoms with Gasteiger partial charge < -0.3 is 0 Å². The predicted octanol–water partition coefficient (Wildman–Crippen LogP) is 0.571. The lowest BCUT2D eigenvalue weighted by atomic mass is 10.3. The first-order chi connectivity index (χ1) is 6.05. The maximum absolute atomic E-state index is 11.1. The van der Waals surface area contributed by atoms with Crippen LogP contribution in [-0.4, -0.2) is 32.2 Å². The first-order valence-corrected chi connectivity index (χ1v) is 6.96. The summed E-state index contributed by atoms with van der Waals surface area (Å²) in [5, 5.41) is 8.24. The van der Waals surface area contributed by atoms with Gasteiger partial charge in [-0.1, -0.05) is 6.92 Å². The number of hydrogen-bond acceptors (Lipinski definition) is 4. The fourth-order valence-corrected chi connectivity index (χ4v) is 2.66. The van der Waals surface area contributed by atoms with Crippen molar-refractivity contribution in [2.75, 3.05) is 17.8 Å². The maximum Gasteiger partial charge on any atom is 0.225 e. The molecule has 0 fully saturated rings.